The average molecular weight is 659 g/mol. The molecular formula is C47H28N4. The van der Waals surface area contributed by atoms with Gasteiger partial charge < -0.3 is 4.57 Å². The van der Waals surface area contributed by atoms with E-state index >= 15 is 0 Å². The van der Waals surface area contributed by atoms with Crippen LogP contribution >= 0.6 is 0 Å². The van der Waals surface area contributed by atoms with E-state index in [0.717, 1.165) is 71.3 Å². The van der Waals surface area contributed by atoms with Gasteiger partial charge in [0.05, 0.1) is 30.4 Å². The fourth-order valence-corrected chi connectivity index (χ4v) is 7.63. The lowest BCUT2D eigenvalue weighted by atomic mass is 9.95. The monoisotopic (exact) mass is 658 g/mol. The molecule has 0 N–H and O–H groups in total. The van der Waals surface area contributed by atoms with E-state index in [9.17, 15) is 0 Å². The summed E-state index contributed by atoms with van der Waals surface area (Å²) in [5.41, 5.74) is 6.25. The zero-order valence-corrected chi connectivity index (χ0v) is 26.7. The number of rotatable bonds is 4. The predicted octanol–water partition coefficient (Wildman–Crippen LogP) is 11.9. The zero-order chi connectivity index (χ0) is 42.2. The SMILES string of the molecule is [2H]c1c([2H])c([2H])c(-c2nc(-c3ccc(-n4c5ccccc5c5cc6ccccc6cc54)c4c3-c3cccc5cccc-4c35)nc(-c3c([2H])c([2H])c([2H])c([2H])c3[2H])n2)c([2H])c1[2H]. The summed E-state index contributed by atoms with van der Waals surface area (Å²) in [7, 11) is 0. The molecule has 4 nitrogen and oxygen atoms in total. The highest BCUT2D eigenvalue weighted by atomic mass is 15.0. The molecular weight excluding hydrogens is 621 g/mol. The lowest BCUT2D eigenvalue weighted by molar-refractivity contribution is 1.07. The molecule has 0 spiro atoms. The van der Waals surface area contributed by atoms with Crippen LogP contribution in [0.5, 0.6) is 0 Å². The van der Waals surface area contributed by atoms with Crippen LogP contribution in [0.25, 0.3) is 105 Å². The Morgan fingerprint density at radius 3 is 1.73 bits per heavy atom. The van der Waals surface area contributed by atoms with Crippen LogP contribution in [-0.4, -0.2) is 19.5 Å². The average Bonchev–Trinajstić information content (AvgIpc) is 3.79. The molecule has 0 amide bonds. The van der Waals surface area contributed by atoms with E-state index in [1.54, 1.807) is 0 Å². The Kier molecular flexibility index (Phi) is 4.22. The van der Waals surface area contributed by atoms with Gasteiger partial charge in [-0.3, -0.25) is 0 Å². The van der Waals surface area contributed by atoms with Crippen molar-refractivity contribution >= 4 is 43.4 Å². The van der Waals surface area contributed by atoms with E-state index in [0.29, 0.717) is 5.56 Å². The van der Waals surface area contributed by atoms with Gasteiger partial charge >= 0.3 is 0 Å². The van der Waals surface area contributed by atoms with Crippen LogP contribution in [0.2, 0.25) is 0 Å². The van der Waals surface area contributed by atoms with Gasteiger partial charge in [-0.25, -0.2) is 15.0 Å². The number of hydrogen-bond donors (Lipinski definition) is 0. The molecule has 1 aliphatic rings. The predicted molar refractivity (Wildman–Crippen MR) is 210 cm³/mol. The van der Waals surface area contributed by atoms with E-state index < -0.39 is 60.4 Å². The smallest absolute Gasteiger partial charge is 0.164 e. The van der Waals surface area contributed by atoms with Crippen molar-refractivity contribution in [3.63, 3.8) is 0 Å². The number of nitrogens with zero attached hydrogens (tertiary/aromatic N) is 4. The minimum atomic E-state index is -0.603. The maximum Gasteiger partial charge on any atom is 0.164 e. The van der Waals surface area contributed by atoms with E-state index in [1.165, 1.54) is 0 Å². The maximum absolute atomic E-state index is 8.85. The number of hydrogen-bond acceptors (Lipinski definition) is 3. The summed E-state index contributed by atoms with van der Waals surface area (Å²) in [5.74, 6) is -0.617. The quantitative estimate of drug-likeness (QED) is 0.189. The lowest BCUT2D eigenvalue weighted by Gasteiger charge is -2.18. The normalized spacial score (nSPS) is 14.7. The number of aromatic nitrogens is 4. The van der Waals surface area contributed by atoms with Gasteiger partial charge in [0.15, 0.2) is 17.5 Å². The highest BCUT2D eigenvalue weighted by molar-refractivity contribution is 6.21. The highest BCUT2D eigenvalue weighted by Crippen LogP contribution is 2.54. The second-order valence-corrected chi connectivity index (χ2v) is 12.5. The van der Waals surface area contributed by atoms with Gasteiger partial charge in [0, 0.05) is 38.6 Å². The Hall–Kier alpha value is -6.91. The molecule has 10 aromatic rings. The van der Waals surface area contributed by atoms with Gasteiger partial charge in [-0.15, -0.1) is 0 Å². The lowest BCUT2D eigenvalue weighted by Crippen LogP contribution is -2.03. The van der Waals surface area contributed by atoms with Gasteiger partial charge in [-0.2, -0.15) is 0 Å². The van der Waals surface area contributed by atoms with Crippen molar-refractivity contribution in [2.24, 2.45) is 0 Å². The molecule has 1 aliphatic carbocycles. The molecule has 4 heteroatoms. The molecule has 0 radical (unpaired) electrons. The molecule has 0 saturated heterocycles. The first-order valence-corrected chi connectivity index (χ1v) is 16.5. The molecule has 0 saturated carbocycles. The minimum Gasteiger partial charge on any atom is -0.309 e. The van der Waals surface area contributed by atoms with Gasteiger partial charge in [-0.1, -0.05) is 139 Å². The molecule has 0 atom stereocenters. The molecule has 0 unspecified atom stereocenters. The third-order valence-corrected chi connectivity index (χ3v) is 9.73. The van der Waals surface area contributed by atoms with Crippen LogP contribution in [0, 0.1) is 0 Å². The summed E-state index contributed by atoms with van der Waals surface area (Å²) in [4.78, 5) is 14.2. The molecule has 8 aromatic carbocycles. The van der Waals surface area contributed by atoms with Gasteiger partial charge in [0.25, 0.3) is 0 Å². The minimum absolute atomic E-state index is 0.0134. The van der Waals surface area contributed by atoms with Crippen LogP contribution < -0.4 is 0 Å². The Morgan fingerprint density at radius 2 is 1.02 bits per heavy atom. The zero-order valence-electron chi connectivity index (χ0n) is 36.7. The van der Waals surface area contributed by atoms with Crippen molar-refractivity contribution in [1.82, 2.24) is 19.5 Å². The first kappa shape index (κ1) is 19.9. The Balaban J connectivity index is 1.28. The second kappa shape index (κ2) is 10.8. The van der Waals surface area contributed by atoms with Crippen LogP contribution in [0.3, 0.4) is 0 Å². The van der Waals surface area contributed by atoms with Crippen LogP contribution in [0.15, 0.2) is 170 Å². The van der Waals surface area contributed by atoms with Gasteiger partial charge in [0.1, 0.15) is 0 Å². The summed E-state index contributed by atoms with van der Waals surface area (Å²) in [6.45, 7) is 0. The van der Waals surface area contributed by atoms with Crippen LogP contribution in [0.1, 0.15) is 13.7 Å². The molecule has 236 valence electrons. The molecule has 51 heavy (non-hydrogen) atoms. The van der Waals surface area contributed by atoms with E-state index in [2.05, 4.69) is 64.1 Å². The summed E-state index contributed by atoms with van der Waals surface area (Å²) in [6.07, 6.45) is 0. The largest absolute Gasteiger partial charge is 0.309 e. The molecule has 0 fully saturated rings. The van der Waals surface area contributed by atoms with Crippen molar-refractivity contribution < 1.29 is 13.7 Å². The molecule has 0 aliphatic heterocycles. The standard InChI is InChI=1S/C47H28N4/c1-3-13-30(14-4-1)45-48-46(31-15-5-2-6-16-31)50-47(49-45)37-25-26-40(44-36-23-12-20-29-19-11-22-35(42(29)36)43(37)44)51-39-24-10-9-21-34(39)38-27-32-17-7-8-18-33(32)28-41(38)51/h1-28H/i1D,2D,3D,4D,5D,6D,13D,14D,15D,16D. The van der Waals surface area contributed by atoms with E-state index in [1.807, 2.05) is 54.6 Å². The Bertz CT molecular complexity index is 3470. The highest BCUT2D eigenvalue weighted by Gasteiger charge is 2.30. The van der Waals surface area contributed by atoms with Crippen molar-refractivity contribution in [2.45, 2.75) is 0 Å². The van der Waals surface area contributed by atoms with Crippen LogP contribution in [0.4, 0.5) is 0 Å². The second-order valence-electron chi connectivity index (χ2n) is 12.5. The van der Waals surface area contributed by atoms with Crippen molar-refractivity contribution in [2.75, 3.05) is 0 Å². The molecule has 2 heterocycles. The van der Waals surface area contributed by atoms with E-state index in [4.69, 9.17) is 23.7 Å². The van der Waals surface area contributed by atoms with Crippen molar-refractivity contribution in [3.05, 3.63) is 170 Å². The van der Waals surface area contributed by atoms with Gasteiger partial charge in [-0.05, 0) is 63.0 Å². The fraction of sp³-hybridized carbons (Fsp3) is 0. The maximum atomic E-state index is 8.85. The topological polar surface area (TPSA) is 43.6 Å². The van der Waals surface area contributed by atoms with E-state index in [-0.39, 0.29) is 28.6 Å². The first-order valence-electron chi connectivity index (χ1n) is 21.5. The summed E-state index contributed by atoms with van der Waals surface area (Å²) >= 11 is 0. The molecule has 2 aromatic heterocycles. The fourth-order valence-electron chi connectivity index (χ4n) is 7.63. The molecule has 11 rings (SSSR count). The third-order valence-electron chi connectivity index (χ3n) is 9.73. The number of para-hydroxylation sites is 1. The van der Waals surface area contributed by atoms with Gasteiger partial charge in [0.2, 0.25) is 0 Å². The van der Waals surface area contributed by atoms with Crippen molar-refractivity contribution in [3.8, 4) is 62.1 Å². The summed E-state index contributed by atoms with van der Waals surface area (Å²) in [6, 6.07) is 31.2. The van der Waals surface area contributed by atoms with Crippen molar-refractivity contribution in [1.29, 1.82) is 0 Å². The summed E-state index contributed by atoms with van der Waals surface area (Å²) in [5, 5.41) is 6.39. The summed E-state index contributed by atoms with van der Waals surface area (Å²) < 4.78 is 87.9. The third kappa shape index (κ3) is 4.17. The number of benzene rings is 8. The Labute approximate surface area is 308 Å². The number of fused-ring (bicyclic) bond motifs is 7. The first-order chi connectivity index (χ1) is 29.4. The Morgan fingerprint density at radius 1 is 0.431 bits per heavy atom. The van der Waals surface area contributed by atoms with Crippen LogP contribution in [-0.2, 0) is 0 Å². The molecule has 0 bridgehead atoms.